The average molecular weight is 375 g/mol. The Kier molecular flexibility index (Phi) is 5.86. The lowest BCUT2D eigenvalue weighted by molar-refractivity contribution is -0.118. The molecule has 0 aliphatic heterocycles. The molecular weight excluding hydrogens is 344 g/mol. The van der Waals surface area contributed by atoms with Crippen molar-refractivity contribution in [2.75, 3.05) is 0 Å². The van der Waals surface area contributed by atoms with Gasteiger partial charge in [-0.2, -0.15) is 11.3 Å². The summed E-state index contributed by atoms with van der Waals surface area (Å²) < 4.78 is 0. The van der Waals surface area contributed by atoms with E-state index in [1.54, 1.807) is 11.3 Å². The van der Waals surface area contributed by atoms with Crippen LogP contribution < -0.4 is 11.1 Å². The summed E-state index contributed by atoms with van der Waals surface area (Å²) in [5.74, 6) is 1.67. The van der Waals surface area contributed by atoms with Crippen LogP contribution >= 0.6 is 11.3 Å². The first-order chi connectivity index (χ1) is 12.4. The summed E-state index contributed by atoms with van der Waals surface area (Å²) in [6, 6.07) is 2.14. The molecule has 4 atom stereocenters. The van der Waals surface area contributed by atoms with Crippen LogP contribution in [0.5, 0.6) is 0 Å². The van der Waals surface area contributed by atoms with Crippen LogP contribution in [0.3, 0.4) is 0 Å². The first-order valence-electron chi connectivity index (χ1n) is 9.66. The van der Waals surface area contributed by atoms with Gasteiger partial charge < -0.3 is 11.1 Å². The molecule has 3 fully saturated rings. The number of unbranched alkanes of at least 4 members (excludes halogenated alkanes) is 1. The lowest BCUT2D eigenvalue weighted by atomic mass is 9.44. The van der Waals surface area contributed by atoms with Gasteiger partial charge in [0.05, 0.1) is 0 Å². The van der Waals surface area contributed by atoms with E-state index >= 15 is 0 Å². The third-order valence-electron chi connectivity index (χ3n) is 6.56. The zero-order valence-corrected chi connectivity index (χ0v) is 16.6. The number of allylic oxidation sites excluding steroid dienone is 2. The standard InChI is InChI=1S/C21H30N2O2S/c1-21(2)16-11-14(7-5-3-4-6-8-18(22)24)19(17(21)12-16)23-20(25)15-9-10-26-13-15/h3,5,9-10,13-14,16-17,19H,4,6-8,11-12H2,1-2H3,(H2,22,24)(H,23,25)/b5-3-/t14-,16-,17-,19+/m0/s1. The summed E-state index contributed by atoms with van der Waals surface area (Å²) in [5, 5.41) is 7.22. The second kappa shape index (κ2) is 7.95. The Labute approximate surface area is 160 Å². The molecule has 0 aromatic carbocycles. The third kappa shape index (κ3) is 4.03. The summed E-state index contributed by atoms with van der Waals surface area (Å²) in [5.41, 5.74) is 6.27. The van der Waals surface area contributed by atoms with Crippen LogP contribution in [0.4, 0.5) is 0 Å². The van der Waals surface area contributed by atoms with Crippen LogP contribution in [0.15, 0.2) is 29.0 Å². The molecule has 0 spiro atoms. The van der Waals surface area contributed by atoms with E-state index in [1.807, 2.05) is 16.8 Å². The van der Waals surface area contributed by atoms with Crippen molar-refractivity contribution in [1.29, 1.82) is 0 Å². The van der Waals surface area contributed by atoms with Crippen molar-refractivity contribution in [1.82, 2.24) is 5.32 Å². The number of hydrogen-bond donors (Lipinski definition) is 2. The van der Waals surface area contributed by atoms with Crippen LogP contribution in [0.1, 0.15) is 62.7 Å². The Bertz CT molecular complexity index is 666. The molecule has 3 aliphatic carbocycles. The number of fused-ring (bicyclic) bond motifs is 2. The number of rotatable bonds is 8. The first kappa shape index (κ1) is 19.2. The number of hydrogen-bond acceptors (Lipinski definition) is 3. The Balaban J connectivity index is 1.59. The second-order valence-corrected chi connectivity index (χ2v) is 9.21. The number of thiophene rings is 1. The van der Waals surface area contributed by atoms with Crippen molar-refractivity contribution in [3.63, 3.8) is 0 Å². The van der Waals surface area contributed by atoms with E-state index in [-0.39, 0.29) is 17.9 Å². The molecule has 2 amide bonds. The fourth-order valence-corrected chi connectivity index (χ4v) is 5.41. The third-order valence-corrected chi connectivity index (χ3v) is 7.24. The number of nitrogens with one attached hydrogen (secondary N) is 1. The molecule has 4 rings (SSSR count). The van der Waals surface area contributed by atoms with Crippen molar-refractivity contribution in [2.24, 2.45) is 28.9 Å². The summed E-state index contributed by atoms with van der Waals surface area (Å²) >= 11 is 1.56. The fraction of sp³-hybridized carbons (Fsp3) is 0.619. The highest BCUT2D eigenvalue weighted by atomic mass is 32.1. The Morgan fingerprint density at radius 3 is 2.81 bits per heavy atom. The maximum atomic E-state index is 12.6. The Hall–Kier alpha value is -1.62. The van der Waals surface area contributed by atoms with E-state index in [0.29, 0.717) is 23.7 Å². The maximum Gasteiger partial charge on any atom is 0.252 e. The van der Waals surface area contributed by atoms with E-state index in [4.69, 9.17) is 5.73 Å². The maximum absolute atomic E-state index is 12.6. The fourth-order valence-electron chi connectivity index (χ4n) is 4.78. The van der Waals surface area contributed by atoms with Gasteiger partial charge in [0.2, 0.25) is 5.91 Å². The molecule has 3 aliphatic rings. The lowest BCUT2D eigenvalue weighted by Gasteiger charge is -2.62. The monoisotopic (exact) mass is 374 g/mol. The van der Waals surface area contributed by atoms with Gasteiger partial charge in [0.1, 0.15) is 0 Å². The van der Waals surface area contributed by atoms with E-state index in [2.05, 4.69) is 31.3 Å². The molecule has 0 radical (unpaired) electrons. The summed E-state index contributed by atoms with van der Waals surface area (Å²) in [4.78, 5) is 23.4. The molecule has 0 unspecified atom stereocenters. The van der Waals surface area contributed by atoms with Crippen molar-refractivity contribution in [3.05, 3.63) is 34.5 Å². The number of primary amides is 1. The molecule has 3 saturated carbocycles. The van der Waals surface area contributed by atoms with Gasteiger partial charge in [0.15, 0.2) is 0 Å². The van der Waals surface area contributed by atoms with Gasteiger partial charge in [-0.25, -0.2) is 0 Å². The van der Waals surface area contributed by atoms with Crippen molar-refractivity contribution >= 4 is 23.2 Å². The predicted octanol–water partition coefficient (Wildman–Crippen LogP) is 4.13. The molecule has 2 bridgehead atoms. The van der Waals surface area contributed by atoms with E-state index in [1.165, 1.54) is 12.8 Å². The first-order valence-corrected chi connectivity index (χ1v) is 10.6. The number of nitrogens with two attached hydrogens (primary N) is 1. The molecule has 1 heterocycles. The summed E-state index contributed by atoms with van der Waals surface area (Å²) in [6.45, 7) is 4.71. The SMILES string of the molecule is CC1(C)[C@H]2C[C@H](C/C=C\CCCC(N)=O)[C@@H](NC(=O)c3ccsc3)[C@@H]1C2. The smallest absolute Gasteiger partial charge is 0.252 e. The molecule has 1 aromatic heterocycles. The highest BCUT2D eigenvalue weighted by molar-refractivity contribution is 7.08. The largest absolute Gasteiger partial charge is 0.370 e. The molecule has 4 nitrogen and oxygen atoms in total. The highest BCUT2D eigenvalue weighted by Crippen LogP contribution is 2.61. The zero-order chi connectivity index (χ0) is 18.7. The molecule has 1 aromatic rings. The van der Waals surface area contributed by atoms with E-state index in [9.17, 15) is 9.59 Å². The van der Waals surface area contributed by atoms with Gasteiger partial charge in [0.25, 0.3) is 5.91 Å². The predicted molar refractivity (Wildman–Crippen MR) is 106 cm³/mol. The second-order valence-electron chi connectivity index (χ2n) is 8.43. The molecule has 142 valence electrons. The van der Waals surface area contributed by atoms with Gasteiger partial charge in [-0.05, 0) is 66.7 Å². The quantitative estimate of drug-likeness (QED) is 0.530. The van der Waals surface area contributed by atoms with Gasteiger partial charge >= 0.3 is 0 Å². The lowest BCUT2D eigenvalue weighted by Crippen LogP contribution is -2.63. The van der Waals surface area contributed by atoms with Gasteiger partial charge in [0, 0.05) is 23.4 Å². The molecule has 26 heavy (non-hydrogen) atoms. The minimum Gasteiger partial charge on any atom is -0.370 e. The highest BCUT2D eigenvalue weighted by Gasteiger charge is 2.57. The van der Waals surface area contributed by atoms with Gasteiger partial charge in [-0.15, -0.1) is 0 Å². The molecular formula is C21H30N2O2S. The van der Waals surface area contributed by atoms with Crippen molar-refractivity contribution < 1.29 is 9.59 Å². The topological polar surface area (TPSA) is 72.2 Å². The van der Waals surface area contributed by atoms with Crippen LogP contribution in [0.2, 0.25) is 0 Å². The molecule has 5 heteroatoms. The number of amides is 2. The molecule has 3 N–H and O–H groups in total. The molecule has 0 saturated heterocycles. The van der Waals surface area contributed by atoms with E-state index in [0.717, 1.165) is 30.7 Å². The Morgan fingerprint density at radius 2 is 2.15 bits per heavy atom. The van der Waals surface area contributed by atoms with Gasteiger partial charge in [-0.1, -0.05) is 26.0 Å². The van der Waals surface area contributed by atoms with Crippen LogP contribution in [-0.4, -0.2) is 17.9 Å². The minimum absolute atomic E-state index is 0.0628. The summed E-state index contributed by atoms with van der Waals surface area (Å²) in [7, 11) is 0. The van der Waals surface area contributed by atoms with Crippen molar-refractivity contribution in [2.45, 2.75) is 58.4 Å². The summed E-state index contributed by atoms with van der Waals surface area (Å²) in [6.07, 6.45) is 9.95. The van der Waals surface area contributed by atoms with Crippen LogP contribution in [0, 0.1) is 23.2 Å². The number of carbonyl (C=O) groups excluding carboxylic acids is 2. The zero-order valence-electron chi connectivity index (χ0n) is 15.7. The van der Waals surface area contributed by atoms with Gasteiger partial charge in [-0.3, -0.25) is 9.59 Å². The van der Waals surface area contributed by atoms with E-state index < -0.39 is 0 Å². The Morgan fingerprint density at radius 1 is 1.35 bits per heavy atom. The minimum atomic E-state index is -0.232. The average Bonchev–Trinajstić information content (AvgIpc) is 3.13. The number of carbonyl (C=O) groups is 2. The van der Waals surface area contributed by atoms with Crippen LogP contribution in [-0.2, 0) is 4.79 Å². The normalized spacial score (nSPS) is 29.3. The van der Waals surface area contributed by atoms with Crippen molar-refractivity contribution in [3.8, 4) is 0 Å². The van der Waals surface area contributed by atoms with Crippen LogP contribution in [0.25, 0.3) is 0 Å².